The van der Waals surface area contributed by atoms with Crippen molar-refractivity contribution in [1.29, 1.82) is 0 Å². The van der Waals surface area contributed by atoms with E-state index in [0.29, 0.717) is 16.3 Å². The van der Waals surface area contributed by atoms with E-state index in [1.165, 1.54) is 5.56 Å². The minimum atomic E-state index is -0.210. The van der Waals surface area contributed by atoms with Crippen LogP contribution >= 0.6 is 11.6 Å². The number of benzene rings is 2. The van der Waals surface area contributed by atoms with Gasteiger partial charge < -0.3 is 10.6 Å². The molecule has 0 bridgehead atoms. The van der Waals surface area contributed by atoms with E-state index in [1.807, 2.05) is 43.3 Å². The van der Waals surface area contributed by atoms with E-state index in [-0.39, 0.29) is 5.91 Å². The third-order valence-corrected chi connectivity index (χ3v) is 4.51. The highest BCUT2D eigenvalue weighted by molar-refractivity contribution is 6.31. The zero-order valence-electron chi connectivity index (χ0n) is 14.5. The molecule has 5 heteroatoms. The number of nitrogens with one attached hydrogen (secondary N) is 2. The quantitative estimate of drug-likeness (QED) is 0.649. The molecule has 26 heavy (non-hydrogen) atoms. The van der Waals surface area contributed by atoms with Crippen LogP contribution in [0.3, 0.4) is 0 Å². The van der Waals surface area contributed by atoms with Crippen LogP contribution in [0.15, 0.2) is 66.9 Å². The van der Waals surface area contributed by atoms with Crippen LogP contribution in [0, 0.1) is 6.92 Å². The molecule has 4 nitrogen and oxygen atoms in total. The molecule has 1 aromatic heterocycles. The van der Waals surface area contributed by atoms with Gasteiger partial charge in [0, 0.05) is 23.5 Å². The first kappa shape index (κ1) is 18.0. The van der Waals surface area contributed by atoms with Crippen LogP contribution in [0.5, 0.6) is 0 Å². The lowest BCUT2D eigenvalue weighted by Gasteiger charge is -2.10. The molecule has 0 aliphatic rings. The smallest absolute Gasteiger partial charge is 0.257 e. The summed E-state index contributed by atoms with van der Waals surface area (Å²) in [6, 6.07) is 19.3. The van der Waals surface area contributed by atoms with Crippen LogP contribution in [-0.2, 0) is 6.42 Å². The highest BCUT2D eigenvalue weighted by Crippen LogP contribution is 2.23. The Hall–Kier alpha value is -2.85. The fourth-order valence-electron chi connectivity index (χ4n) is 2.55. The summed E-state index contributed by atoms with van der Waals surface area (Å²) in [7, 11) is 0. The zero-order valence-corrected chi connectivity index (χ0v) is 15.3. The van der Waals surface area contributed by atoms with E-state index in [0.717, 1.165) is 24.3 Å². The van der Waals surface area contributed by atoms with Crippen LogP contribution in [0.25, 0.3) is 0 Å². The molecular weight excluding hydrogens is 346 g/mol. The summed E-state index contributed by atoms with van der Waals surface area (Å²) in [6.07, 6.45) is 2.48. The Bertz CT molecular complexity index is 880. The number of pyridine rings is 1. The third-order valence-electron chi connectivity index (χ3n) is 4.10. The number of anilines is 2. The molecule has 132 valence electrons. The van der Waals surface area contributed by atoms with Gasteiger partial charge in [0.05, 0.1) is 5.56 Å². The fourth-order valence-corrected chi connectivity index (χ4v) is 2.72. The summed E-state index contributed by atoms with van der Waals surface area (Å²) in [5.74, 6) is 0.537. The largest absolute Gasteiger partial charge is 0.370 e. The summed E-state index contributed by atoms with van der Waals surface area (Å²) < 4.78 is 0. The van der Waals surface area contributed by atoms with Crippen molar-refractivity contribution in [3.63, 3.8) is 0 Å². The van der Waals surface area contributed by atoms with Crippen molar-refractivity contribution in [3.8, 4) is 0 Å². The van der Waals surface area contributed by atoms with Crippen LogP contribution < -0.4 is 10.6 Å². The van der Waals surface area contributed by atoms with Gasteiger partial charge in [-0.3, -0.25) is 4.79 Å². The zero-order chi connectivity index (χ0) is 18.4. The Balaban J connectivity index is 1.56. The molecule has 0 unspecified atom stereocenters. The second-order valence-electron chi connectivity index (χ2n) is 5.96. The fraction of sp³-hybridized carbons (Fsp3) is 0.143. The molecular formula is C21H20ClN3O. The summed E-state index contributed by atoms with van der Waals surface area (Å²) >= 11 is 6.08. The minimum Gasteiger partial charge on any atom is -0.370 e. The Labute approximate surface area is 158 Å². The Morgan fingerprint density at radius 2 is 1.85 bits per heavy atom. The molecule has 0 saturated heterocycles. The van der Waals surface area contributed by atoms with Crippen LogP contribution in [0.2, 0.25) is 5.02 Å². The first-order chi connectivity index (χ1) is 12.6. The number of hydrogen-bond donors (Lipinski definition) is 2. The van der Waals surface area contributed by atoms with Gasteiger partial charge >= 0.3 is 0 Å². The average molecular weight is 366 g/mol. The Morgan fingerprint density at radius 1 is 1.04 bits per heavy atom. The predicted molar refractivity (Wildman–Crippen MR) is 107 cm³/mol. The molecule has 0 aliphatic carbocycles. The van der Waals surface area contributed by atoms with Gasteiger partial charge in [-0.2, -0.15) is 0 Å². The molecule has 0 saturated carbocycles. The van der Waals surface area contributed by atoms with Crippen molar-refractivity contribution in [2.75, 3.05) is 17.2 Å². The van der Waals surface area contributed by atoms with Crippen molar-refractivity contribution in [1.82, 2.24) is 4.98 Å². The number of hydrogen-bond acceptors (Lipinski definition) is 3. The van der Waals surface area contributed by atoms with Crippen molar-refractivity contribution in [2.45, 2.75) is 13.3 Å². The molecule has 1 heterocycles. The lowest BCUT2D eigenvalue weighted by atomic mass is 10.1. The molecule has 0 radical (unpaired) electrons. The molecule has 2 aromatic carbocycles. The van der Waals surface area contributed by atoms with E-state index in [4.69, 9.17) is 11.6 Å². The summed E-state index contributed by atoms with van der Waals surface area (Å²) in [6.45, 7) is 2.65. The number of nitrogens with zero attached hydrogens (tertiary/aromatic N) is 1. The lowest BCUT2D eigenvalue weighted by molar-refractivity contribution is 0.102. The number of amides is 1. The molecule has 0 spiro atoms. The Kier molecular flexibility index (Phi) is 5.87. The van der Waals surface area contributed by atoms with Gasteiger partial charge in [0.25, 0.3) is 5.91 Å². The number of halogens is 1. The van der Waals surface area contributed by atoms with Crippen LogP contribution in [0.4, 0.5) is 11.5 Å². The monoisotopic (exact) mass is 365 g/mol. The van der Waals surface area contributed by atoms with E-state index < -0.39 is 0 Å². The molecule has 3 aromatic rings. The predicted octanol–water partition coefficient (Wildman–Crippen LogP) is 4.95. The van der Waals surface area contributed by atoms with Crippen molar-refractivity contribution in [2.24, 2.45) is 0 Å². The van der Waals surface area contributed by atoms with Gasteiger partial charge in [-0.15, -0.1) is 0 Å². The highest BCUT2D eigenvalue weighted by atomic mass is 35.5. The second kappa shape index (κ2) is 8.50. The second-order valence-corrected chi connectivity index (χ2v) is 6.37. The normalized spacial score (nSPS) is 10.4. The summed E-state index contributed by atoms with van der Waals surface area (Å²) in [5, 5.41) is 6.76. The summed E-state index contributed by atoms with van der Waals surface area (Å²) in [4.78, 5) is 16.7. The van der Waals surface area contributed by atoms with Crippen molar-refractivity contribution < 1.29 is 4.79 Å². The molecule has 0 atom stereocenters. The standard InChI is InChI=1S/C21H20ClN3O/c1-15-18(22)8-5-9-19(15)25-21(26)17-10-11-20(24-14-17)23-13-12-16-6-3-2-4-7-16/h2-11,14H,12-13H2,1H3,(H,23,24)(H,25,26). The number of rotatable bonds is 6. The minimum absolute atomic E-state index is 0.210. The van der Waals surface area contributed by atoms with Crippen molar-refractivity contribution >= 4 is 29.0 Å². The van der Waals surface area contributed by atoms with E-state index in [2.05, 4.69) is 27.8 Å². The third kappa shape index (κ3) is 4.61. The van der Waals surface area contributed by atoms with Crippen molar-refractivity contribution in [3.05, 3.63) is 88.6 Å². The number of carbonyl (C=O) groups is 1. The highest BCUT2D eigenvalue weighted by Gasteiger charge is 2.09. The Morgan fingerprint density at radius 3 is 2.58 bits per heavy atom. The molecule has 0 aliphatic heterocycles. The van der Waals surface area contributed by atoms with Gasteiger partial charge in [0.2, 0.25) is 0 Å². The first-order valence-electron chi connectivity index (χ1n) is 8.44. The number of carbonyl (C=O) groups excluding carboxylic acids is 1. The van der Waals surface area contributed by atoms with Crippen LogP contribution in [-0.4, -0.2) is 17.4 Å². The van der Waals surface area contributed by atoms with Crippen LogP contribution in [0.1, 0.15) is 21.5 Å². The van der Waals surface area contributed by atoms with Gasteiger partial charge in [-0.05, 0) is 48.7 Å². The molecule has 2 N–H and O–H groups in total. The first-order valence-corrected chi connectivity index (χ1v) is 8.81. The van der Waals surface area contributed by atoms with Gasteiger partial charge in [-0.25, -0.2) is 4.98 Å². The molecule has 3 rings (SSSR count). The SMILES string of the molecule is Cc1c(Cl)cccc1NC(=O)c1ccc(NCCc2ccccc2)nc1. The van der Waals surface area contributed by atoms with E-state index >= 15 is 0 Å². The van der Waals surface area contributed by atoms with E-state index in [9.17, 15) is 4.79 Å². The van der Waals surface area contributed by atoms with Gasteiger partial charge in [-0.1, -0.05) is 48.0 Å². The van der Waals surface area contributed by atoms with E-state index in [1.54, 1.807) is 18.3 Å². The number of aromatic nitrogens is 1. The van der Waals surface area contributed by atoms with Gasteiger partial charge in [0.1, 0.15) is 5.82 Å². The molecule has 1 amide bonds. The summed E-state index contributed by atoms with van der Waals surface area (Å²) in [5.41, 5.74) is 3.31. The average Bonchev–Trinajstić information content (AvgIpc) is 2.67. The topological polar surface area (TPSA) is 54.0 Å². The lowest BCUT2D eigenvalue weighted by Crippen LogP contribution is -2.13. The maximum atomic E-state index is 12.4. The maximum Gasteiger partial charge on any atom is 0.257 e. The maximum absolute atomic E-state index is 12.4. The molecule has 0 fully saturated rings. The van der Waals surface area contributed by atoms with Gasteiger partial charge in [0.15, 0.2) is 0 Å².